The number of hydrogen-bond donors (Lipinski definition) is 1. The molecule has 0 aromatic heterocycles. The van der Waals surface area contributed by atoms with Gasteiger partial charge in [0.05, 0.1) is 18.3 Å². The Morgan fingerprint density at radius 2 is 2.08 bits per heavy atom. The molecule has 1 saturated heterocycles. The van der Waals surface area contributed by atoms with Crippen molar-refractivity contribution in [1.29, 1.82) is 0 Å². The lowest BCUT2D eigenvalue weighted by molar-refractivity contribution is -0.112. The lowest BCUT2D eigenvalue weighted by atomic mass is 9.83. The molecule has 1 saturated carbocycles. The smallest absolute Gasteiger partial charge is 0.0805 e. The van der Waals surface area contributed by atoms with Gasteiger partial charge in [0.2, 0.25) is 0 Å². The third kappa shape index (κ3) is 1.38. The number of rotatable bonds is 1. The normalized spacial score (nSPS) is 39.0. The molecule has 2 rings (SSSR count). The molecule has 0 bridgehead atoms. The van der Waals surface area contributed by atoms with Crippen molar-refractivity contribution in [2.24, 2.45) is 11.8 Å². The van der Waals surface area contributed by atoms with E-state index in [0.29, 0.717) is 18.4 Å². The van der Waals surface area contributed by atoms with Crippen LogP contribution in [0.4, 0.5) is 0 Å². The van der Waals surface area contributed by atoms with Gasteiger partial charge in [-0.2, -0.15) is 0 Å². The zero-order valence-corrected chi connectivity index (χ0v) is 7.92. The Morgan fingerprint density at radius 1 is 1.42 bits per heavy atom. The summed E-state index contributed by atoms with van der Waals surface area (Å²) in [6.45, 7) is 4.94. The highest BCUT2D eigenvalue weighted by Gasteiger charge is 2.50. The monoisotopic (exact) mass is 170 g/mol. The summed E-state index contributed by atoms with van der Waals surface area (Å²) in [4.78, 5) is 0. The van der Waals surface area contributed by atoms with Crippen LogP contribution in [0.5, 0.6) is 0 Å². The SMILES string of the molecule is CC(C)[C@@H]1CC2(CC2)OC[C@H]1O. The molecule has 2 fully saturated rings. The van der Waals surface area contributed by atoms with Crippen LogP contribution >= 0.6 is 0 Å². The minimum Gasteiger partial charge on any atom is -0.390 e. The number of hydrogen-bond acceptors (Lipinski definition) is 2. The molecule has 0 amide bonds. The zero-order valence-electron chi connectivity index (χ0n) is 7.92. The first-order valence-corrected chi connectivity index (χ1v) is 4.95. The number of ether oxygens (including phenoxy) is 1. The summed E-state index contributed by atoms with van der Waals surface area (Å²) in [5.41, 5.74) is 0.203. The van der Waals surface area contributed by atoms with Gasteiger partial charge in [0.1, 0.15) is 0 Å². The quantitative estimate of drug-likeness (QED) is 0.647. The van der Waals surface area contributed by atoms with Gasteiger partial charge in [-0.3, -0.25) is 0 Å². The Morgan fingerprint density at radius 3 is 2.58 bits per heavy atom. The van der Waals surface area contributed by atoms with Crippen LogP contribution in [0.15, 0.2) is 0 Å². The van der Waals surface area contributed by atoms with E-state index < -0.39 is 0 Å². The van der Waals surface area contributed by atoms with Crippen molar-refractivity contribution in [2.75, 3.05) is 6.61 Å². The second kappa shape index (κ2) is 2.71. The van der Waals surface area contributed by atoms with E-state index in [0.717, 1.165) is 6.42 Å². The molecule has 2 aliphatic rings. The van der Waals surface area contributed by atoms with Crippen LogP contribution in [0.2, 0.25) is 0 Å². The van der Waals surface area contributed by atoms with Gasteiger partial charge in [-0.1, -0.05) is 13.8 Å². The largest absolute Gasteiger partial charge is 0.390 e. The lowest BCUT2D eigenvalue weighted by Crippen LogP contribution is -2.40. The molecule has 70 valence electrons. The maximum atomic E-state index is 9.67. The van der Waals surface area contributed by atoms with Gasteiger partial charge in [0, 0.05) is 0 Å². The molecule has 1 N–H and O–H groups in total. The fourth-order valence-corrected chi connectivity index (χ4v) is 2.18. The van der Waals surface area contributed by atoms with Gasteiger partial charge < -0.3 is 9.84 Å². The molecule has 0 unspecified atom stereocenters. The molecular weight excluding hydrogens is 152 g/mol. The molecule has 1 aliphatic carbocycles. The Labute approximate surface area is 73.9 Å². The van der Waals surface area contributed by atoms with E-state index in [1.807, 2.05) is 0 Å². The van der Waals surface area contributed by atoms with E-state index >= 15 is 0 Å². The van der Waals surface area contributed by atoms with Crippen LogP contribution in [0.25, 0.3) is 0 Å². The molecule has 2 heteroatoms. The van der Waals surface area contributed by atoms with Gasteiger partial charge in [-0.05, 0) is 31.1 Å². The highest BCUT2D eigenvalue weighted by Crippen LogP contribution is 2.49. The van der Waals surface area contributed by atoms with E-state index in [1.54, 1.807) is 0 Å². The molecule has 2 nitrogen and oxygen atoms in total. The molecule has 1 aliphatic heterocycles. The second-order valence-corrected chi connectivity index (χ2v) is 4.67. The average molecular weight is 170 g/mol. The summed E-state index contributed by atoms with van der Waals surface area (Å²) in [5, 5.41) is 9.67. The third-order valence-electron chi connectivity index (χ3n) is 3.33. The first-order valence-electron chi connectivity index (χ1n) is 4.95. The van der Waals surface area contributed by atoms with Crippen LogP contribution in [-0.4, -0.2) is 23.4 Å². The van der Waals surface area contributed by atoms with Crippen molar-refractivity contribution in [1.82, 2.24) is 0 Å². The molecule has 12 heavy (non-hydrogen) atoms. The Kier molecular flexibility index (Phi) is 1.92. The van der Waals surface area contributed by atoms with Crippen molar-refractivity contribution in [2.45, 2.75) is 44.8 Å². The molecule has 0 aromatic carbocycles. The summed E-state index contributed by atoms with van der Waals surface area (Å²) < 4.78 is 5.62. The van der Waals surface area contributed by atoms with Gasteiger partial charge in [0.15, 0.2) is 0 Å². The maximum Gasteiger partial charge on any atom is 0.0805 e. The third-order valence-corrected chi connectivity index (χ3v) is 3.33. The summed E-state index contributed by atoms with van der Waals surface area (Å²) >= 11 is 0. The van der Waals surface area contributed by atoms with Crippen molar-refractivity contribution in [3.8, 4) is 0 Å². The molecule has 2 atom stereocenters. The summed E-state index contributed by atoms with van der Waals surface area (Å²) in [6, 6.07) is 0. The molecule has 0 aromatic rings. The molecule has 1 spiro atoms. The highest BCUT2D eigenvalue weighted by atomic mass is 16.5. The van der Waals surface area contributed by atoms with Crippen LogP contribution in [0.3, 0.4) is 0 Å². The van der Waals surface area contributed by atoms with Gasteiger partial charge >= 0.3 is 0 Å². The highest BCUT2D eigenvalue weighted by molar-refractivity contribution is 5.01. The van der Waals surface area contributed by atoms with Crippen molar-refractivity contribution in [3.05, 3.63) is 0 Å². The lowest BCUT2D eigenvalue weighted by Gasteiger charge is -2.36. The van der Waals surface area contributed by atoms with Crippen molar-refractivity contribution < 1.29 is 9.84 Å². The fraction of sp³-hybridized carbons (Fsp3) is 1.00. The first-order chi connectivity index (χ1) is 5.63. The van der Waals surface area contributed by atoms with E-state index in [4.69, 9.17) is 4.74 Å². The Bertz CT molecular complexity index is 173. The summed E-state index contributed by atoms with van der Waals surface area (Å²) in [6.07, 6.45) is 3.27. The van der Waals surface area contributed by atoms with E-state index in [2.05, 4.69) is 13.8 Å². The maximum absolute atomic E-state index is 9.67. The summed E-state index contributed by atoms with van der Waals surface area (Å²) in [7, 11) is 0. The fourth-order valence-electron chi connectivity index (χ4n) is 2.18. The zero-order chi connectivity index (χ0) is 8.77. The predicted octanol–water partition coefficient (Wildman–Crippen LogP) is 1.57. The van der Waals surface area contributed by atoms with Crippen molar-refractivity contribution >= 4 is 0 Å². The molecule has 1 heterocycles. The van der Waals surface area contributed by atoms with E-state index in [1.165, 1.54) is 12.8 Å². The van der Waals surface area contributed by atoms with Gasteiger partial charge in [-0.15, -0.1) is 0 Å². The van der Waals surface area contributed by atoms with Gasteiger partial charge in [-0.25, -0.2) is 0 Å². The van der Waals surface area contributed by atoms with E-state index in [-0.39, 0.29) is 11.7 Å². The number of aliphatic hydroxyl groups is 1. The predicted molar refractivity (Wildman–Crippen MR) is 46.9 cm³/mol. The Hall–Kier alpha value is -0.0800. The van der Waals surface area contributed by atoms with Crippen molar-refractivity contribution in [3.63, 3.8) is 0 Å². The number of aliphatic hydroxyl groups excluding tert-OH is 1. The second-order valence-electron chi connectivity index (χ2n) is 4.67. The van der Waals surface area contributed by atoms with Crippen LogP contribution in [0.1, 0.15) is 33.1 Å². The topological polar surface area (TPSA) is 29.5 Å². The van der Waals surface area contributed by atoms with Crippen LogP contribution < -0.4 is 0 Å². The minimum absolute atomic E-state index is 0.203. The first kappa shape index (κ1) is 8.52. The van der Waals surface area contributed by atoms with Crippen LogP contribution in [0, 0.1) is 11.8 Å². The van der Waals surface area contributed by atoms with E-state index in [9.17, 15) is 5.11 Å². The molecular formula is C10H18O2. The summed E-state index contributed by atoms with van der Waals surface area (Å²) in [5.74, 6) is 1.04. The Balaban J connectivity index is 2.00. The standard InChI is InChI=1S/C10H18O2/c1-7(2)8-5-10(3-4-10)12-6-9(8)11/h7-9,11H,3-6H2,1-2H3/t8-,9+/m0/s1. The average Bonchev–Trinajstić information content (AvgIpc) is 2.76. The van der Waals surface area contributed by atoms with Gasteiger partial charge in [0.25, 0.3) is 0 Å². The minimum atomic E-state index is -0.226. The molecule has 0 radical (unpaired) electrons. The van der Waals surface area contributed by atoms with Crippen LogP contribution in [-0.2, 0) is 4.74 Å².